The summed E-state index contributed by atoms with van der Waals surface area (Å²) >= 11 is 5.87. The maximum absolute atomic E-state index is 12.6. The van der Waals surface area contributed by atoms with Crippen molar-refractivity contribution < 1.29 is 14.1 Å². The van der Waals surface area contributed by atoms with E-state index in [1.165, 1.54) is 0 Å². The Morgan fingerprint density at radius 3 is 2.83 bits per heavy atom. The monoisotopic (exact) mass is 425 g/mol. The van der Waals surface area contributed by atoms with Crippen LogP contribution in [0.2, 0.25) is 5.02 Å². The minimum atomic E-state index is -0.0132. The van der Waals surface area contributed by atoms with Crippen LogP contribution in [0.3, 0.4) is 0 Å². The molecule has 0 spiro atoms. The van der Waals surface area contributed by atoms with E-state index in [0.717, 1.165) is 30.5 Å². The lowest BCUT2D eigenvalue weighted by molar-refractivity contribution is -0.135. The molecule has 2 heterocycles. The second-order valence-corrected chi connectivity index (χ2v) is 8.06. The van der Waals surface area contributed by atoms with Crippen molar-refractivity contribution in [1.29, 1.82) is 0 Å². The highest BCUT2D eigenvalue weighted by Gasteiger charge is 2.26. The highest BCUT2D eigenvalue weighted by atomic mass is 35.5. The van der Waals surface area contributed by atoms with Crippen molar-refractivity contribution in [3.63, 3.8) is 0 Å². The molecule has 1 saturated heterocycles. The number of ether oxygens (including phenoxy) is 1. The zero-order valence-corrected chi connectivity index (χ0v) is 17.6. The Bertz CT molecular complexity index is 1000. The number of aromatic nitrogens is 2. The van der Waals surface area contributed by atoms with Gasteiger partial charge in [0.05, 0.1) is 0 Å². The SMILES string of the molecule is Cc1ccccc1-c1noc(CC2CCCN(C(=O)COc3ccc(Cl)cc3)C2)n1. The summed E-state index contributed by atoms with van der Waals surface area (Å²) in [6.07, 6.45) is 2.65. The molecule has 6 nitrogen and oxygen atoms in total. The summed E-state index contributed by atoms with van der Waals surface area (Å²) < 4.78 is 11.1. The van der Waals surface area contributed by atoms with Crippen LogP contribution < -0.4 is 4.74 Å². The molecule has 30 heavy (non-hydrogen) atoms. The molecule has 0 aliphatic carbocycles. The van der Waals surface area contributed by atoms with E-state index in [1.807, 2.05) is 36.1 Å². The summed E-state index contributed by atoms with van der Waals surface area (Å²) in [5, 5.41) is 4.78. The average molecular weight is 426 g/mol. The van der Waals surface area contributed by atoms with E-state index in [4.69, 9.17) is 20.9 Å². The van der Waals surface area contributed by atoms with Gasteiger partial charge < -0.3 is 14.2 Å². The normalized spacial score (nSPS) is 16.5. The number of hydrogen-bond donors (Lipinski definition) is 0. The molecule has 1 aromatic heterocycles. The number of nitrogens with zero attached hydrogens (tertiary/aromatic N) is 3. The maximum Gasteiger partial charge on any atom is 0.260 e. The van der Waals surface area contributed by atoms with Crippen LogP contribution in [0.25, 0.3) is 11.4 Å². The largest absolute Gasteiger partial charge is 0.484 e. The van der Waals surface area contributed by atoms with Gasteiger partial charge in [-0.05, 0) is 55.5 Å². The van der Waals surface area contributed by atoms with Crippen LogP contribution in [-0.2, 0) is 11.2 Å². The van der Waals surface area contributed by atoms with Crippen LogP contribution in [-0.4, -0.2) is 40.6 Å². The van der Waals surface area contributed by atoms with Gasteiger partial charge in [0.1, 0.15) is 5.75 Å². The Hall–Kier alpha value is -2.86. The zero-order chi connectivity index (χ0) is 20.9. The van der Waals surface area contributed by atoms with E-state index in [9.17, 15) is 4.79 Å². The Kier molecular flexibility index (Phi) is 6.33. The van der Waals surface area contributed by atoms with Crippen molar-refractivity contribution in [1.82, 2.24) is 15.0 Å². The van der Waals surface area contributed by atoms with Crippen molar-refractivity contribution in [2.24, 2.45) is 5.92 Å². The fourth-order valence-electron chi connectivity index (χ4n) is 3.74. The van der Waals surface area contributed by atoms with Crippen LogP contribution in [0.15, 0.2) is 53.1 Å². The molecule has 0 saturated carbocycles. The standard InChI is InChI=1S/C23H24ClN3O3/c1-16-5-2-3-7-20(16)23-25-21(30-26-23)13-17-6-4-12-27(14-17)22(28)15-29-19-10-8-18(24)9-11-19/h2-3,5,7-11,17H,4,6,12-15H2,1H3. The van der Waals surface area contributed by atoms with Crippen molar-refractivity contribution >= 4 is 17.5 Å². The molecule has 0 radical (unpaired) electrons. The highest BCUT2D eigenvalue weighted by Crippen LogP contribution is 2.24. The van der Waals surface area contributed by atoms with E-state index < -0.39 is 0 Å². The third-order valence-electron chi connectivity index (χ3n) is 5.36. The van der Waals surface area contributed by atoms with Gasteiger partial charge in [-0.3, -0.25) is 4.79 Å². The van der Waals surface area contributed by atoms with Gasteiger partial charge in [-0.25, -0.2) is 0 Å². The number of likely N-dealkylation sites (tertiary alicyclic amines) is 1. The lowest BCUT2D eigenvalue weighted by Gasteiger charge is -2.32. The van der Waals surface area contributed by atoms with Crippen LogP contribution in [0, 0.1) is 12.8 Å². The van der Waals surface area contributed by atoms with Gasteiger partial charge in [0.25, 0.3) is 5.91 Å². The molecular weight excluding hydrogens is 402 g/mol. The van der Waals surface area contributed by atoms with Gasteiger partial charge in [-0.2, -0.15) is 4.98 Å². The minimum absolute atomic E-state index is 0.0132. The van der Waals surface area contributed by atoms with Crippen LogP contribution in [0.4, 0.5) is 0 Å². The van der Waals surface area contributed by atoms with Gasteiger partial charge in [-0.1, -0.05) is 41.0 Å². The number of rotatable bonds is 6. The molecule has 1 fully saturated rings. The topological polar surface area (TPSA) is 68.5 Å². The number of hydrogen-bond acceptors (Lipinski definition) is 5. The molecule has 4 rings (SSSR count). The summed E-state index contributed by atoms with van der Waals surface area (Å²) in [7, 11) is 0. The van der Waals surface area contributed by atoms with E-state index >= 15 is 0 Å². The molecule has 1 aliphatic heterocycles. The van der Waals surface area contributed by atoms with Crippen LogP contribution in [0.1, 0.15) is 24.3 Å². The first kappa shape index (κ1) is 20.4. The lowest BCUT2D eigenvalue weighted by atomic mass is 9.94. The van der Waals surface area contributed by atoms with E-state index in [2.05, 4.69) is 10.1 Å². The molecular formula is C23H24ClN3O3. The number of carbonyl (C=O) groups is 1. The molecule has 1 amide bonds. The second-order valence-electron chi connectivity index (χ2n) is 7.62. The third kappa shape index (κ3) is 5.00. The van der Waals surface area contributed by atoms with Gasteiger partial charge in [0.2, 0.25) is 11.7 Å². The molecule has 2 aromatic carbocycles. The number of amides is 1. The van der Waals surface area contributed by atoms with Crippen molar-refractivity contribution in [3.05, 3.63) is 65.0 Å². The summed E-state index contributed by atoms with van der Waals surface area (Å²) in [6, 6.07) is 15.0. The first-order valence-electron chi connectivity index (χ1n) is 10.1. The first-order valence-corrected chi connectivity index (χ1v) is 10.5. The number of halogens is 1. The Morgan fingerprint density at radius 1 is 1.23 bits per heavy atom. The quantitative estimate of drug-likeness (QED) is 0.579. The minimum Gasteiger partial charge on any atom is -0.484 e. The van der Waals surface area contributed by atoms with E-state index in [-0.39, 0.29) is 12.5 Å². The number of piperidine rings is 1. The van der Waals surface area contributed by atoms with Crippen LogP contribution >= 0.6 is 11.6 Å². The van der Waals surface area contributed by atoms with Crippen LogP contribution in [0.5, 0.6) is 5.75 Å². The molecule has 3 aromatic rings. The highest BCUT2D eigenvalue weighted by molar-refractivity contribution is 6.30. The molecule has 1 atom stereocenters. The third-order valence-corrected chi connectivity index (χ3v) is 5.62. The molecule has 7 heteroatoms. The second kappa shape index (κ2) is 9.30. The number of carbonyl (C=O) groups excluding carboxylic acids is 1. The summed E-state index contributed by atoms with van der Waals surface area (Å²) in [5.41, 5.74) is 2.09. The number of aryl methyl sites for hydroxylation is 1. The fraction of sp³-hybridized carbons (Fsp3) is 0.348. The van der Waals surface area contributed by atoms with Gasteiger partial charge in [0.15, 0.2) is 6.61 Å². The predicted octanol–water partition coefficient (Wildman–Crippen LogP) is 4.56. The molecule has 0 bridgehead atoms. The molecule has 156 valence electrons. The summed E-state index contributed by atoms with van der Waals surface area (Å²) in [6.45, 7) is 3.47. The van der Waals surface area contributed by atoms with Gasteiger partial charge in [0, 0.05) is 30.1 Å². The first-order chi connectivity index (χ1) is 14.6. The zero-order valence-electron chi connectivity index (χ0n) is 16.9. The number of benzene rings is 2. The molecule has 1 aliphatic rings. The van der Waals surface area contributed by atoms with E-state index in [0.29, 0.717) is 41.4 Å². The summed E-state index contributed by atoms with van der Waals surface area (Å²) in [4.78, 5) is 19.0. The molecule has 0 N–H and O–H groups in total. The van der Waals surface area contributed by atoms with Crippen molar-refractivity contribution in [2.45, 2.75) is 26.2 Å². The fourth-order valence-corrected chi connectivity index (χ4v) is 3.87. The average Bonchev–Trinajstić information content (AvgIpc) is 3.22. The lowest BCUT2D eigenvalue weighted by Crippen LogP contribution is -2.42. The summed E-state index contributed by atoms with van der Waals surface area (Å²) in [5.74, 6) is 2.15. The Balaban J connectivity index is 1.32. The predicted molar refractivity (Wildman–Crippen MR) is 114 cm³/mol. The molecule has 1 unspecified atom stereocenters. The Morgan fingerprint density at radius 2 is 2.03 bits per heavy atom. The maximum atomic E-state index is 12.6. The van der Waals surface area contributed by atoms with Gasteiger partial charge >= 0.3 is 0 Å². The smallest absolute Gasteiger partial charge is 0.260 e. The Labute approximate surface area is 180 Å². The van der Waals surface area contributed by atoms with Crippen molar-refractivity contribution in [2.75, 3.05) is 19.7 Å². The van der Waals surface area contributed by atoms with E-state index in [1.54, 1.807) is 24.3 Å². The van der Waals surface area contributed by atoms with Gasteiger partial charge in [-0.15, -0.1) is 0 Å². The van der Waals surface area contributed by atoms with Crippen molar-refractivity contribution in [3.8, 4) is 17.1 Å².